The number of nitrogens with two attached hydrogens (primary N) is 1. The monoisotopic (exact) mass is 671 g/mol. The third kappa shape index (κ3) is 4.65. The summed E-state index contributed by atoms with van der Waals surface area (Å²) < 4.78 is 25.7. The minimum absolute atomic E-state index is 0.00143. The van der Waals surface area contributed by atoms with E-state index in [1.54, 1.807) is 0 Å². The smallest absolute Gasteiger partial charge is 0.404 e. The van der Waals surface area contributed by atoms with Gasteiger partial charge in [-0.2, -0.15) is 0 Å². The molecular formula is C39H65N3O6. The third-order valence-corrected chi connectivity index (χ3v) is 16.9. The Morgan fingerprint density at radius 3 is 2.48 bits per heavy atom. The summed E-state index contributed by atoms with van der Waals surface area (Å²) in [5.41, 5.74) is 6.02. The van der Waals surface area contributed by atoms with Crippen LogP contribution < -0.4 is 11.1 Å². The van der Waals surface area contributed by atoms with Gasteiger partial charge in [0.15, 0.2) is 6.29 Å². The highest BCUT2D eigenvalue weighted by molar-refractivity contribution is 5.64. The molecule has 8 aliphatic rings. The number of morpholine rings is 1. The molecule has 3 saturated heterocycles. The lowest BCUT2D eigenvalue weighted by molar-refractivity contribution is -0.249. The number of amides is 1. The Kier molecular flexibility index (Phi) is 8.19. The maximum Gasteiger partial charge on any atom is 0.404 e. The topological polar surface area (TPSA) is 116 Å². The van der Waals surface area contributed by atoms with Gasteiger partial charge >= 0.3 is 6.09 Å². The van der Waals surface area contributed by atoms with Crippen molar-refractivity contribution in [2.45, 2.75) is 137 Å². The fourth-order valence-electron chi connectivity index (χ4n) is 14.5. The molecule has 8 rings (SSSR count). The molecule has 0 radical (unpaired) electrons. The highest BCUT2D eigenvalue weighted by Gasteiger charge is 2.84. The average Bonchev–Trinajstić information content (AvgIpc) is 3.64. The molecule has 5 saturated carbocycles. The number of hydrogen-bond acceptors (Lipinski definition) is 8. The van der Waals surface area contributed by atoms with Crippen molar-refractivity contribution >= 4 is 6.09 Å². The first kappa shape index (κ1) is 34.1. The number of fused-ring (bicyclic) bond motifs is 4. The van der Waals surface area contributed by atoms with Gasteiger partial charge in [-0.3, -0.25) is 4.90 Å². The summed E-state index contributed by atoms with van der Waals surface area (Å²) in [7, 11) is 0. The molecule has 0 bridgehead atoms. The van der Waals surface area contributed by atoms with Gasteiger partial charge in [0, 0.05) is 38.1 Å². The summed E-state index contributed by atoms with van der Waals surface area (Å²) in [4.78, 5) is 14.4. The number of aliphatic hydroxyl groups is 1. The zero-order chi connectivity index (χ0) is 34.0. The lowest BCUT2D eigenvalue weighted by Gasteiger charge is -2.64. The van der Waals surface area contributed by atoms with Crippen LogP contribution in [0.5, 0.6) is 0 Å². The molecule has 2 spiro atoms. The summed E-state index contributed by atoms with van der Waals surface area (Å²) in [5, 5.41) is 16.0. The second-order valence-corrected chi connectivity index (χ2v) is 19.4. The van der Waals surface area contributed by atoms with Crippen molar-refractivity contribution in [3.05, 3.63) is 0 Å². The number of primary amides is 1. The lowest BCUT2D eigenvalue weighted by Crippen LogP contribution is -2.60. The number of carbonyl (C=O) groups excluding carboxylic acids is 1. The van der Waals surface area contributed by atoms with E-state index in [-0.39, 0.29) is 52.7 Å². The Balaban J connectivity index is 1.01. The van der Waals surface area contributed by atoms with E-state index in [0.717, 1.165) is 64.5 Å². The molecular weight excluding hydrogens is 606 g/mol. The van der Waals surface area contributed by atoms with E-state index >= 15 is 0 Å². The average molecular weight is 672 g/mol. The molecule has 8 fully saturated rings. The van der Waals surface area contributed by atoms with E-state index in [2.05, 4.69) is 58.7 Å². The van der Waals surface area contributed by atoms with Gasteiger partial charge in [0.25, 0.3) is 0 Å². The van der Waals surface area contributed by atoms with Gasteiger partial charge < -0.3 is 35.1 Å². The number of hydrogen-bond donors (Lipinski definition) is 3. The summed E-state index contributed by atoms with van der Waals surface area (Å²) >= 11 is 0. The maximum absolute atomic E-state index is 12.6. The molecule has 0 unspecified atom stereocenters. The van der Waals surface area contributed by atoms with Crippen molar-refractivity contribution in [1.82, 2.24) is 10.2 Å². The predicted octanol–water partition coefficient (Wildman–Crippen LogP) is 5.18. The molecule has 48 heavy (non-hydrogen) atoms. The Bertz CT molecular complexity index is 1260. The van der Waals surface area contributed by atoms with Crippen LogP contribution in [0.1, 0.15) is 99.8 Å². The first-order valence-corrected chi connectivity index (χ1v) is 19.7. The Morgan fingerprint density at radius 1 is 1.06 bits per heavy atom. The number of nitrogens with zero attached hydrogens (tertiary/aromatic N) is 1. The lowest BCUT2D eigenvalue weighted by atomic mass is 9.41. The van der Waals surface area contributed by atoms with Gasteiger partial charge in [-0.05, 0) is 109 Å². The van der Waals surface area contributed by atoms with Gasteiger partial charge in [-0.25, -0.2) is 4.79 Å². The number of rotatable bonds is 7. The number of aliphatic hydroxyl groups excluding tert-OH is 1. The third-order valence-electron chi connectivity index (χ3n) is 16.9. The van der Waals surface area contributed by atoms with Crippen LogP contribution >= 0.6 is 0 Å². The molecule has 0 aromatic rings. The largest absolute Gasteiger partial charge is 0.443 e. The molecule has 5 aliphatic carbocycles. The SMILES string of the molecule is CC(C)[C@@H](OC(N)=O)[C@H]1C[C@@H](C)[C@H]2[C@H](O1)[C@H](O)[C@@]1(C)[C@@H]3CC[C@H]4C(C)(C)[C@@H](O[C@H]5CN(CC6CNC6)CCO5)CC[C@@]45C[C@@]35CC[C@]21C. The first-order valence-electron chi connectivity index (χ1n) is 19.7. The van der Waals surface area contributed by atoms with Crippen LogP contribution in [0.4, 0.5) is 4.79 Å². The zero-order valence-electron chi connectivity index (χ0n) is 30.8. The molecule has 14 atom stereocenters. The molecule has 4 N–H and O–H groups in total. The molecule has 3 aliphatic heterocycles. The van der Waals surface area contributed by atoms with Gasteiger partial charge in [-0.1, -0.05) is 48.5 Å². The van der Waals surface area contributed by atoms with Gasteiger partial charge in [0.1, 0.15) is 6.10 Å². The normalized spacial score (nSPS) is 51.8. The highest BCUT2D eigenvalue weighted by atomic mass is 16.7. The summed E-state index contributed by atoms with van der Waals surface area (Å²) in [6, 6.07) is 0. The predicted molar refractivity (Wildman–Crippen MR) is 183 cm³/mol. The van der Waals surface area contributed by atoms with Gasteiger partial charge in [0.05, 0.1) is 31.0 Å². The standard InChI is InChI=1S/C39H65N3O6/c1-22(2)31(48-34(40)44)25-16-23(3)30-32(46-25)33(43)37(7)27-9-8-26-35(4,5)28(10-11-38(26)21-39(27,38)13-12-36(30,37)6)47-29-20-42(14-15-45-29)19-24-17-41-18-24/h22-33,41,43H,8-21H2,1-7H3,(H2,40,44)/t23-,25-,26+,27+,28+,29+,30+,31-,32+,33+,36-,37-,38-,39+/m1/s1. The van der Waals surface area contributed by atoms with E-state index in [1.165, 1.54) is 32.1 Å². The quantitative estimate of drug-likeness (QED) is 0.339. The minimum Gasteiger partial charge on any atom is -0.443 e. The van der Waals surface area contributed by atoms with Crippen LogP contribution in [0.15, 0.2) is 0 Å². The number of nitrogens with one attached hydrogen (secondary N) is 1. The van der Waals surface area contributed by atoms with Crippen molar-refractivity contribution < 1.29 is 28.8 Å². The molecule has 1 amide bonds. The summed E-state index contributed by atoms with van der Waals surface area (Å²) in [5.74, 6) is 2.62. The molecule has 9 heteroatoms. The van der Waals surface area contributed by atoms with Gasteiger partial charge in [0.2, 0.25) is 0 Å². The van der Waals surface area contributed by atoms with Crippen molar-refractivity contribution in [3.63, 3.8) is 0 Å². The van der Waals surface area contributed by atoms with Crippen LogP contribution in [0.25, 0.3) is 0 Å². The van der Waals surface area contributed by atoms with Crippen LogP contribution in [0.3, 0.4) is 0 Å². The van der Waals surface area contributed by atoms with E-state index in [9.17, 15) is 9.90 Å². The van der Waals surface area contributed by atoms with E-state index in [1.807, 2.05) is 0 Å². The van der Waals surface area contributed by atoms with Crippen molar-refractivity contribution in [1.29, 1.82) is 0 Å². The molecule has 9 nitrogen and oxygen atoms in total. The molecule has 3 heterocycles. The Labute approximate surface area is 289 Å². The van der Waals surface area contributed by atoms with Gasteiger partial charge in [-0.15, -0.1) is 0 Å². The Morgan fingerprint density at radius 2 is 1.79 bits per heavy atom. The highest BCUT2D eigenvalue weighted by Crippen LogP contribution is 2.89. The van der Waals surface area contributed by atoms with Crippen LogP contribution in [-0.4, -0.2) is 92.2 Å². The molecule has 0 aromatic carbocycles. The van der Waals surface area contributed by atoms with Crippen LogP contribution in [-0.2, 0) is 18.9 Å². The summed E-state index contributed by atoms with van der Waals surface area (Å²) in [6.45, 7) is 22.5. The minimum atomic E-state index is -0.748. The molecule has 272 valence electrons. The number of carbonyl (C=O) groups is 1. The van der Waals surface area contributed by atoms with Crippen LogP contribution in [0, 0.1) is 62.6 Å². The number of ether oxygens (including phenoxy) is 4. The maximum atomic E-state index is 12.6. The summed E-state index contributed by atoms with van der Waals surface area (Å²) in [6.07, 6.45) is 7.17. The second-order valence-electron chi connectivity index (χ2n) is 19.4. The molecule has 0 aromatic heterocycles. The first-order chi connectivity index (χ1) is 22.7. The Hall–Kier alpha value is -0.970. The fourth-order valence-corrected chi connectivity index (χ4v) is 14.5. The van der Waals surface area contributed by atoms with E-state index in [4.69, 9.17) is 24.7 Å². The fraction of sp³-hybridized carbons (Fsp3) is 0.974. The van der Waals surface area contributed by atoms with E-state index < -0.39 is 18.3 Å². The van der Waals surface area contributed by atoms with Crippen molar-refractivity contribution in [2.24, 2.45) is 68.3 Å². The van der Waals surface area contributed by atoms with E-state index in [0.29, 0.717) is 28.6 Å². The van der Waals surface area contributed by atoms with Crippen LogP contribution in [0.2, 0.25) is 0 Å². The van der Waals surface area contributed by atoms with Crippen molar-refractivity contribution in [2.75, 3.05) is 39.3 Å². The van der Waals surface area contributed by atoms with Crippen molar-refractivity contribution in [3.8, 4) is 0 Å². The second kappa shape index (κ2) is 11.5. The zero-order valence-corrected chi connectivity index (χ0v) is 30.8.